The molecule has 102 valence electrons. The van der Waals surface area contributed by atoms with Gasteiger partial charge >= 0.3 is 0 Å². The van der Waals surface area contributed by atoms with E-state index < -0.39 is 12.2 Å². The van der Waals surface area contributed by atoms with Gasteiger partial charge in [-0.15, -0.1) is 0 Å². The Bertz CT molecular complexity index is 311. The van der Waals surface area contributed by atoms with Crippen LogP contribution in [0.1, 0.15) is 39.0 Å². The Hall–Kier alpha value is -0.380. The van der Waals surface area contributed by atoms with Crippen molar-refractivity contribution in [2.24, 2.45) is 29.6 Å². The lowest BCUT2D eigenvalue weighted by atomic mass is 9.50. The molecule has 2 atom stereocenters. The van der Waals surface area contributed by atoms with E-state index in [0.29, 0.717) is 23.3 Å². The first-order chi connectivity index (χ1) is 8.60. The Labute approximate surface area is 109 Å². The predicted octanol–water partition coefficient (Wildman–Crippen LogP) is 2.85. The van der Waals surface area contributed by atoms with Gasteiger partial charge in [0.25, 0.3) is 0 Å². The molecule has 0 aromatic carbocycles. The highest BCUT2D eigenvalue weighted by Crippen LogP contribution is 2.57. The summed E-state index contributed by atoms with van der Waals surface area (Å²) in [5.74, 6) is 3.36. The van der Waals surface area contributed by atoms with Crippen LogP contribution in [0.25, 0.3) is 0 Å². The summed E-state index contributed by atoms with van der Waals surface area (Å²) in [6.45, 7) is 5.62. The highest BCUT2D eigenvalue weighted by molar-refractivity contribution is 5.07. The van der Waals surface area contributed by atoms with Crippen LogP contribution in [-0.4, -0.2) is 22.6 Å². The molecule has 0 radical (unpaired) electrons. The van der Waals surface area contributed by atoms with E-state index in [0.717, 1.165) is 11.8 Å². The summed E-state index contributed by atoms with van der Waals surface area (Å²) >= 11 is 0. The molecule has 0 spiro atoms. The van der Waals surface area contributed by atoms with E-state index >= 15 is 0 Å². The van der Waals surface area contributed by atoms with E-state index in [2.05, 4.69) is 11.5 Å². The fourth-order valence-corrected chi connectivity index (χ4v) is 5.17. The van der Waals surface area contributed by atoms with Gasteiger partial charge in [0.1, 0.15) is 6.10 Å². The molecule has 0 aliphatic heterocycles. The molecule has 0 aromatic heterocycles. The summed E-state index contributed by atoms with van der Waals surface area (Å²) in [5, 5.41) is 19.6. The van der Waals surface area contributed by atoms with Crippen LogP contribution in [0.5, 0.6) is 0 Å². The SMILES string of the molecule is C=C(C)[C@H](OO)[C@@H](O)C1C2CC3CC(C2)CC1C3. The Morgan fingerprint density at radius 1 is 1.11 bits per heavy atom. The molecule has 18 heavy (non-hydrogen) atoms. The first kappa shape index (κ1) is 12.6. The monoisotopic (exact) mass is 252 g/mol. The Kier molecular flexibility index (Phi) is 3.25. The largest absolute Gasteiger partial charge is 0.390 e. The van der Waals surface area contributed by atoms with E-state index in [9.17, 15) is 5.11 Å². The van der Waals surface area contributed by atoms with Crippen LogP contribution in [0.3, 0.4) is 0 Å². The molecule has 4 rings (SSSR count). The highest BCUT2D eigenvalue weighted by Gasteiger charge is 2.51. The van der Waals surface area contributed by atoms with Gasteiger partial charge in [0.2, 0.25) is 0 Å². The van der Waals surface area contributed by atoms with Gasteiger partial charge in [-0.1, -0.05) is 6.58 Å². The first-order valence-electron chi connectivity index (χ1n) is 7.23. The number of aliphatic hydroxyl groups is 1. The van der Waals surface area contributed by atoms with Crippen molar-refractivity contribution >= 4 is 0 Å². The average Bonchev–Trinajstić information content (AvgIpc) is 2.27. The maximum atomic E-state index is 10.6. The third kappa shape index (κ3) is 1.93. The van der Waals surface area contributed by atoms with Gasteiger partial charge in [-0.25, -0.2) is 4.89 Å². The molecule has 4 saturated carbocycles. The van der Waals surface area contributed by atoms with E-state index in [1.807, 2.05) is 0 Å². The van der Waals surface area contributed by atoms with Crippen LogP contribution in [0.4, 0.5) is 0 Å². The summed E-state index contributed by atoms with van der Waals surface area (Å²) in [6, 6.07) is 0. The second-order valence-electron chi connectivity index (χ2n) is 6.87. The second-order valence-corrected chi connectivity index (χ2v) is 6.87. The molecule has 3 heteroatoms. The van der Waals surface area contributed by atoms with Crippen LogP contribution in [-0.2, 0) is 4.89 Å². The van der Waals surface area contributed by atoms with E-state index in [1.54, 1.807) is 6.92 Å². The van der Waals surface area contributed by atoms with E-state index in [-0.39, 0.29) is 0 Å². The predicted molar refractivity (Wildman–Crippen MR) is 68.9 cm³/mol. The van der Waals surface area contributed by atoms with Gasteiger partial charge in [0, 0.05) is 0 Å². The normalized spacial score (nSPS) is 44.9. The highest BCUT2D eigenvalue weighted by atomic mass is 17.1. The smallest absolute Gasteiger partial charge is 0.139 e. The lowest BCUT2D eigenvalue weighted by molar-refractivity contribution is -0.296. The number of aliphatic hydroxyl groups excluding tert-OH is 1. The maximum Gasteiger partial charge on any atom is 0.139 e. The van der Waals surface area contributed by atoms with E-state index in [4.69, 9.17) is 5.26 Å². The topological polar surface area (TPSA) is 49.7 Å². The maximum absolute atomic E-state index is 10.6. The molecule has 4 aliphatic carbocycles. The molecule has 0 amide bonds. The standard InChI is InChI=1S/C15H24O3/c1-8(2)15(18-17)14(16)13-11-4-9-3-10(6-11)7-12(13)5-9/h9-17H,1,3-7H2,2H3/t9?,10?,11?,12?,13?,14-,15-/m0/s1. The molecule has 2 N–H and O–H groups in total. The minimum absolute atomic E-state index is 0.298. The summed E-state index contributed by atoms with van der Waals surface area (Å²) < 4.78 is 0. The molecule has 4 bridgehead atoms. The zero-order valence-corrected chi connectivity index (χ0v) is 11.1. The zero-order chi connectivity index (χ0) is 12.9. The third-order valence-corrected chi connectivity index (χ3v) is 5.60. The van der Waals surface area contributed by atoms with E-state index in [1.165, 1.54) is 32.1 Å². The number of rotatable bonds is 4. The van der Waals surface area contributed by atoms with Crippen molar-refractivity contribution < 1.29 is 15.3 Å². The van der Waals surface area contributed by atoms with Crippen molar-refractivity contribution in [2.45, 2.75) is 51.2 Å². The molecule has 0 saturated heterocycles. The lowest BCUT2D eigenvalue weighted by Gasteiger charge is -2.56. The quantitative estimate of drug-likeness (QED) is 0.459. The summed E-state index contributed by atoms with van der Waals surface area (Å²) in [7, 11) is 0. The Balaban J connectivity index is 1.78. The average molecular weight is 252 g/mol. The molecule has 4 fully saturated rings. The fourth-order valence-electron chi connectivity index (χ4n) is 5.17. The van der Waals surface area contributed by atoms with Crippen LogP contribution in [0.2, 0.25) is 0 Å². The minimum atomic E-state index is -0.618. The minimum Gasteiger partial charge on any atom is -0.390 e. The summed E-state index contributed by atoms with van der Waals surface area (Å²) in [5.41, 5.74) is 0.707. The van der Waals surface area contributed by atoms with Gasteiger partial charge in [0.15, 0.2) is 0 Å². The van der Waals surface area contributed by atoms with Crippen molar-refractivity contribution in [3.8, 4) is 0 Å². The summed E-state index contributed by atoms with van der Waals surface area (Å²) in [4.78, 5) is 4.48. The third-order valence-electron chi connectivity index (χ3n) is 5.60. The fraction of sp³-hybridized carbons (Fsp3) is 0.867. The second kappa shape index (κ2) is 4.62. The number of hydrogen-bond donors (Lipinski definition) is 2. The van der Waals surface area contributed by atoms with Crippen LogP contribution < -0.4 is 0 Å². The van der Waals surface area contributed by atoms with Gasteiger partial charge in [-0.05, 0) is 74.2 Å². The van der Waals surface area contributed by atoms with Crippen molar-refractivity contribution in [3.63, 3.8) is 0 Å². The van der Waals surface area contributed by atoms with Crippen molar-refractivity contribution in [2.75, 3.05) is 0 Å². The lowest BCUT2D eigenvalue weighted by Crippen LogP contribution is -2.52. The first-order valence-corrected chi connectivity index (χ1v) is 7.23. The Morgan fingerprint density at radius 2 is 1.61 bits per heavy atom. The van der Waals surface area contributed by atoms with Gasteiger partial charge in [0.05, 0.1) is 6.10 Å². The zero-order valence-electron chi connectivity index (χ0n) is 11.1. The van der Waals surface area contributed by atoms with Crippen LogP contribution in [0, 0.1) is 29.6 Å². The van der Waals surface area contributed by atoms with Crippen LogP contribution in [0.15, 0.2) is 12.2 Å². The van der Waals surface area contributed by atoms with Crippen molar-refractivity contribution in [1.82, 2.24) is 0 Å². The van der Waals surface area contributed by atoms with Gasteiger partial charge in [-0.2, -0.15) is 0 Å². The number of hydrogen-bond acceptors (Lipinski definition) is 3. The Morgan fingerprint density at radius 3 is 2.00 bits per heavy atom. The van der Waals surface area contributed by atoms with Crippen molar-refractivity contribution in [1.29, 1.82) is 0 Å². The van der Waals surface area contributed by atoms with Crippen molar-refractivity contribution in [3.05, 3.63) is 12.2 Å². The molecule has 4 aliphatic rings. The molecular formula is C15H24O3. The molecule has 0 unspecified atom stereocenters. The molecular weight excluding hydrogens is 228 g/mol. The van der Waals surface area contributed by atoms with Gasteiger partial charge in [-0.3, -0.25) is 5.26 Å². The molecule has 0 aromatic rings. The molecule has 0 heterocycles. The van der Waals surface area contributed by atoms with Crippen LogP contribution >= 0.6 is 0 Å². The van der Waals surface area contributed by atoms with Gasteiger partial charge < -0.3 is 5.11 Å². The summed E-state index contributed by atoms with van der Waals surface area (Å²) in [6.07, 6.45) is 5.27. The molecule has 3 nitrogen and oxygen atoms in total.